The highest BCUT2D eigenvalue weighted by Gasteiger charge is 2.16. The van der Waals surface area contributed by atoms with Gasteiger partial charge < -0.3 is 4.74 Å². The molecule has 0 aliphatic rings. The summed E-state index contributed by atoms with van der Waals surface area (Å²) in [5.41, 5.74) is 0.546. The lowest BCUT2D eigenvalue weighted by Gasteiger charge is -2.04. The number of hydrogen-bond acceptors (Lipinski definition) is 3. The van der Waals surface area contributed by atoms with E-state index in [1.54, 1.807) is 48.5 Å². The van der Waals surface area contributed by atoms with Gasteiger partial charge in [-0.05, 0) is 24.3 Å². The van der Waals surface area contributed by atoms with Crippen LogP contribution < -0.4 is 0 Å². The fourth-order valence-corrected chi connectivity index (χ4v) is 1.64. The minimum absolute atomic E-state index is 0.219. The number of carbonyl (C=O) groups is 2. The molecule has 89 valence electrons. The van der Waals surface area contributed by atoms with Crippen molar-refractivity contribution in [1.29, 1.82) is 0 Å². The molecule has 0 fully saturated rings. The van der Waals surface area contributed by atoms with Crippen molar-refractivity contribution in [2.24, 2.45) is 0 Å². The summed E-state index contributed by atoms with van der Waals surface area (Å²) in [4.78, 5) is 23.8. The number of ether oxygens (including phenoxy) is 1. The summed E-state index contributed by atoms with van der Waals surface area (Å²) in [6.45, 7) is 0. The van der Waals surface area contributed by atoms with Crippen LogP contribution in [0.4, 0.5) is 0 Å². The predicted octanol–water partition coefficient (Wildman–Crippen LogP) is 3.24. The minimum Gasteiger partial charge on any atom is -0.386 e. The smallest absolute Gasteiger partial charge is 0.347 e. The maximum Gasteiger partial charge on any atom is 0.347 e. The van der Waals surface area contributed by atoms with Crippen LogP contribution in [0.1, 0.15) is 20.7 Å². The van der Waals surface area contributed by atoms with E-state index < -0.39 is 11.9 Å². The van der Waals surface area contributed by atoms with Gasteiger partial charge in [-0.2, -0.15) is 0 Å². The average molecular weight is 257 g/mol. The van der Waals surface area contributed by atoms with E-state index in [1.165, 1.54) is 6.07 Å². The summed E-state index contributed by atoms with van der Waals surface area (Å²) in [5, 5.41) is 0. The van der Waals surface area contributed by atoms with Crippen LogP contribution in [0.2, 0.25) is 0 Å². The third kappa shape index (κ3) is 2.73. The Balaban J connectivity index is 2.14. The van der Waals surface area contributed by atoms with E-state index >= 15 is 0 Å². The largest absolute Gasteiger partial charge is 0.386 e. The molecule has 3 nitrogen and oxygen atoms in total. The molecule has 4 heteroatoms. The van der Waals surface area contributed by atoms with Crippen molar-refractivity contribution in [3.8, 4) is 0 Å². The summed E-state index contributed by atoms with van der Waals surface area (Å²) in [7, 11) is 0. The molecule has 0 spiro atoms. The Bertz CT molecular complexity index is 579. The lowest BCUT2D eigenvalue weighted by molar-refractivity contribution is 0.0395. The van der Waals surface area contributed by atoms with Crippen molar-refractivity contribution in [2.45, 2.75) is 4.90 Å². The Kier molecular flexibility index (Phi) is 3.69. The zero-order valence-corrected chi connectivity index (χ0v) is 10.1. The highest BCUT2D eigenvalue weighted by molar-refractivity contribution is 7.80. The van der Waals surface area contributed by atoms with E-state index in [1.807, 2.05) is 0 Å². The third-order valence-corrected chi connectivity index (χ3v) is 2.66. The lowest BCUT2D eigenvalue weighted by atomic mass is 10.2. The molecule has 0 aliphatic carbocycles. The van der Waals surface area contributed by atoms with Crippen LogP contribution >= 0.6 is 12.6 Å². The maximum atomic E-state index is 11.7. The SMILES string of the molecule is O=C(OC(=O)c1ccccc1[S])c1ccccc1. The summed E-state index contributed by atoms with van der Waals surface area (Å²) in [6.07, 6.45) is 0. The van der Waals surface area contributed by atoms with Crippen LogP contribution in [0.3, 0.4) is 0 Å². The first kappa shape index (κ1) is 12.3. The molecule has 2 rings (SSSR count). The van der Waals surface area contributed by atoms with Crippen LogP contribution in [0.5, 0.6) is 0 Å². The zero-order chi connectivity index (χ0) is 13.0. The monoisotopic (exact) mass is 257 g/mol. The number of hydrogen-bond donors (Lipinski definition) is 0. The number of esters is 2. The van der Waals surface area contributed by atoms with E-state index in [2.05, 4.69) is 0 Å². The fraction of sp³-hybridized carbons (Fsp3) is 0. The molecule has 0 saturated heterocycles. The predicted molar refractivity (Wildman–Crippen MR) is 68.5 cm³/mol. The molecule has 0 unspecified atom stereocenters. The quantitative estimate of drug-likeness (QED) is 0.612. The van der Waals surface area contributed by atoms with Crippen molar-refractivity contribution >= 4 is 24.6 Å². The number of benzene rings is 2. The average Bonchev–Trinajstić information content (AvgIpc) is 2.40. The van der Waals surface area contributed by atoms with Crippen molar-refractivity contribution in [1.82, 2.24) is 0 Å². The maximum absolute atomic E-state index is 11.7. The van der Waals surface area contributed by atoms with Gasteiger partial charge in [0, 0.05) is 0 Å². The summed E-state index contributed by atoms with van der Waals surface area (Å²) >= 11 is 4.99. The van der Waals surface area contributed by atoms with E-state index in [-0.39, 0.29) is 5.56 Å². The first-order valence-electron chi connectivity index (χ1n) is 5.26. The van der Waals surface area contributed by atoms with Crippen molar-refractivity contribution in [3.05, 3.63) is 65.7 Å². The molecule has 0 bridgehead atoms. The van der Waals surface area contributed by atoms with Gasteiger partial charge in [0.25, 0.3) is 0 Å². The van der Waals surface area contributed by atoms with Gasteiger partial charge in [0.15, 0.2) is 0 Å². The fourth-order valence-electron chi connectivity index (χ4n) is 1.41. The van der Waals surface area contributed by atoms with Gasteiger partial charge >= 0.3 is 11.9 Å². The molecule has 0 amide bonds. The second-order valence-corrected chi connectivity index (χ2v) is 3.98. The Hall–Kier alpha value is -2.20. The molecule has 0 aromatic heterocycles. The van der Waals surface area contributed by atoms with Gasteiger partial charge in [0.05, 0.1) is 16.0 Å². The zero-order valence-electron chi connectivity index (χ0n) is 9.33. The second kappa shape index (κ2) is 5.42. The molecular formula is C14H9O3S. The van der Waals surface area contributed by atoms with Gasteiger partial charge in [-0.15, -0.1) is 0 Å². The third-order valence-electron chi connectivity index (χ3n) is 2.30. The number of rotatable bonds is 2. The minimum atomic E-state index is -0.727. The van der Waals surface area contributed by atoms with E-state index in [4.69, 9.17) is 17.4 Å². The molecular weight excluding hydrogens is 248 g/mol. The first-order chi connectivity index (χ1) is 8.68. The van der Waals surface area contributed by atoms with E-state index in [0.29, 0.717) is 10.5 Å². The molecule has 1 radical (unpaired) electrons. The van der Waals surface area contributed by atoms with Crippen LogP contribution in [0.15, 0.2) is 59.5 Å². The highest BCUT2D eigenvalue weighted by atomic mass is 32.1. The van der Waals surface area contributed by atoms with Crippen LogP contribution in [-0.2, 0) is 4.74 Å². The van der Waals surface area contributed by atoms with Crippen molar-refractivity contribution < 1.29 is 14.3 Å². The van der Waals surface area contributed by atoms with Gasteiger partial charge in [-0.3, -0.25) is 0 Å². The molecule has 0 heterocycles. The van der Waals surface area contributed by atoms with E-state index in [0.717, 1.165) is 0 Å². The summed E-state index contributed by atoms with van der Waals surface area (Å²) in [6, 6.07) is 14.9. The molecule has 2 aromatic rings. The first-order valence-corrected chi connectivity index (χ1v) is 5.67. The van der Waals surface area contributed by atoms with Gasteiger partial charge in [0.2, 0.25) is 0 Å². The van der Waals surface area contributed by atoms with Crippen LogP contribution in [0, 0.1) is 0 Å². The molecule has 0 N–H and O–H groups in total. The van der Waals surface area contributed by atoms with Crippen LogP contribution in [-0.4, -0.2) is 11.9 Å². The molecule has 0 aliphatic heterocycles. The normalized spacial score (nSPS) is 9.78. The Labute approximate surface area is 110 Å². The Morgan fingerprint density at radius 2 is 1.44 bits per heavy atom. The topological polar surface area (TPSA) is 43.4 Å². The van der Waals surface area contributed by atoms with Gasteiger partial charge in [0.1, 0.15) is 0 Å². The molecule has 2 aromatic carbocycles. The highest BCUT2D eigenvalue weighted by Crippen LogP contribution is 2.14. The van der Waals surface area contributed by atoms with E-state index in [9.17, 15) is 9.59 Å². The Morgan fingerprint density at radius 1 is 0.833 bits per heavy atom. The summed E-state index contributed by atoms with van der Waals surface area (Å²) < 4.78 is 4.76. The second-order valence-electron chi connectivity index (χ2n) is 3.54. The summed E-state index contributed by atoms with van der Waals surface area (Å²) in [5.74, 6) is -1.41. The standard InChI is InChI=1S/C14H9O3S/c15-13(10-6-2-1-3-7-10)17-14(16)11-8-4-5-9-12(11)18/h1-9H. The van der Waals surface area contributed by atoms with Crippen LogP contribution in [0.25, 0.3) is 0 Å². The number of carbonyl (C=O) groups excluding carboxylic acids is 2. The van der Waals surface area contributed by atoms with Crippen molar-refractivity contribution in [3.63, 3.8) is 0 Å². The van der Waals surface area contributed by atoms with Gasteiger partial charge in [-0.25, -0.2) is 9.59 Å². The molecule has 18 heavy (non-hydrogen) atoms. The lowest BCUT2D eigenvalue weighted by Crippen LogP contribution is -2.13. The molecule has 0 saturated carbocycles. The Morgan fingerprint density at radius 3 is 2.11 bits per heavy atom. The molecule has 0 atom stereocenters. The van der Waals surface area contributed by atoms with Crippen molar-refractivity contribution in [2.75, 3.05) is 0 Å². The van der Waals surface area contributed by atoms with Gasteiger partial charge in [-0.1, -0.05) is 43.0 Å².